The van der Waals surface area contributed by atoms with Gasteiger partial charge in [0, 0.05) is 29.2 Å². The highest BCUT2D eigenvalue weighted by atomic mass is 16.5. The van der Waals surface area contributed by atoms with E-state index in [1.54, 1.807) is 7.11 Å². The number of fused-ring (bicyclic) bond motifs is 1. The molecule has 0 amide bonds. The number of H-pyrrole nitrogens is 2. The summed E-state index contributed by atoms with van der Waals surface area (Å²) in [5.41, 5.74) is 3.78. The van der Waals surface area contributed by atoms with Gasteiger partial charge in [-0.05, 0) is 35.4 Å². The van der Waals surface area contributed by atoms with Crippen molar-refractivity contribution in [2.45, 2.75) is 18.8 Å². The van der Waals surface area contributed by atoms with Crippen LogP contribution in [0.3, 0.4) is 0 Å². The summed E-state index contributed by atoms with van der Waals surface area (Å²) in [6, 6.07) is 15.3. The van der Waals surface area contributed by atoms with Gasteiger partial charge in [0.2, 0.25) is 0 Å². The lowest BCUT2D eigenvalue weighted by Crippen LogP contribution is -2.22. The molecule has 1 aliphatic heterocycles. The van der Waals surface area contributed by atoms with Crippen LogP contribution < -0.4 is 15.0 Å². The molecule has 0 aliphatic carbocycles. The third-order valence-electron chi connectivity index (χ3n) is 5.49. The van der Waals surface area contributed by atoms with Gasteiger partial charge in [0.15, 0.2) is 0 Å². The van der Waals surface area contributed by atoms with Crippen LogP contribution in [0.1, 0.15) is 34.7 Å². The van der Waals surface area contributed by atoms with Gasteiger partial charge in [0.25, 0.3) is 5.56 Å². The smallest absolute Gasteiger partial charge is 0.306 e. The number of hydrogen-bond acceptors (Lipinski definition) is 5. The lowest BCUT2D eigenvalue weighted by atomic mass is 9.85. The van der Waals surface area contributed by atoms with E-state index < -0.39 is 5.92 Å². The first-order valence-electron chi connectivity index (χ1n) is 10.0. The van der Waals surface area contributed by atoms with Crippen LogP contribution in [0.2, 0.25) is 0 Å². The standard InChI is InChI=1S/C24H24N2O5/c1-29-18-9-7-15(8-10-18)11-20-23(24(28)26-25-20)19(13-22(27)30-2)17-12-16-5-3-4-6-21(16)31-14-17/h3-10,12,19H,11,13-14H2,1-2H3,(H2,25,26,28)/t19-/m0/s1. The van der Waals surface area contributed by atoms with Crippen LogP contribution >= 0.6 is 0 Å². The maximum absolute atomic E-state index is 12.8. The minimum Gasteiger partial charge on any atom is -0.497 e. The Bertz CT molecular complexity index is 1160. The number of para-hydroxylation sites is 1. The summed E-state index contributed by atoms with van der Waals surface area (Å²) in [6.45, 7) is 0.297. The number of esters is 1. The normalized spacial score (nSPS) is 13.5. The summed E-state index contributed by atoms with van der Waals surface area (Å²) < 4.78 is 16.0. The first-order chi connectivity index (χ1) is 15.1. The summed E-state index contributed by atoms with van der Waals surface area (Å²) in [5, 5.41) is 5.68. The van der Waals surface area contributed by atoms with Crippen molar-refractivity contribution < 1.29 is 19.0 Å². The van der Waals surface area contributed by atoms with Crippen molar-refractivity contribution in [2.24, 2.45) is 0 Å². The number of carbonyl (C=O) groups is 1. The molecule has 31 heavy (non-hydrogen) atoms. The van der Waals surface area contributed by atoms with Gasteiger partial charge in [-0.15, -0.1) is 0 Å². The highest BCUT2D eigenvalue weighted by molar-refractivity contribution is 5.73. The number of rotatable bonds is 7. The van der Waals surface area contributed by atoms with Crippen LogP contribution in [0.5, 0.6) is 11.5 Å². The predicted molar refractivity (Wildman–Crippen MR) is 117 cm³/mol. The van der Waals surface area contributed by atoms with E-state index in [4.69, 9.17) is 14.2 Å². The molecule has 7 heteroatoms. The molecule has 4 rings (SSSR count). The molecule has 0 radical (unpaired) electrons. The third-order valence-corrected chi connectivity index (χ3v) is 5.49. The fraction of sp³-hybridized carbons (Fsp3) is 0.250. The van der Waals surface area contributed by atoms with Crippen LogP contribution in [0, 0.1) is 0 Å². The molecule has 0 bridgehead atoms. The minimum atomic E-state index is -0.468. The summed E-state index contributed by atoms with van der Waals surface area (Å²) in [6.07, 6.45) is 2.54. The van der Waals surface area contributed by atoms with Crippen LogP contribution in [0.15, 0.2) is 58.9 Å². The number of carbonyl (C=O) groups excluding carboxylic acids is 1. The molecule has 7 nitrogen and oxygen atoms in total. The first kappa shape index (κ1) is 20.5. The van der Waals surface area contributed by atoms with Crippen molar-refractivity contribution in [3.63, 3.8) is 0 Å². The lowest BCUT2D eigenvalue weighted by molar-refractivity contribution is -0.140. The Hall–Kier alpha value is -3.74. The number of aromatic nitrogens is 2. The van der Waals surface area contributed by atoms with E-state index >= 15 is 0 Å². The zero-order valence-corrected chi connectivity index (χ0v) is 17.4. The van der Waals surface area contributed by atoms with Crippen molar-refractivity contribution in [1.82, 2.24) is 10.2 Å². The van der Waals surface area contributed by atoms with Gasteiger partial charge in [0.1, 0.15) is 18.1 Å². The first-order valence-corrected chi connectivity index (χ1v) is 10.0. The molecule has 1 aliphatic rings. The minimum absolute atomic E-state index is 0.0460. The fourth-order valence-corrected chi connectivity index (χ4v) is 3.86. The van der Waals surface area contributed by atoms with E-state index in [-0.39, 0.29) is 17.9 Å². The molecular formula is C24H24N2O5. The van der Waals surface area contributed by atoms with Crippen molar-refractivity contribution in [3.05, 3.63) is 86.8 Å². The van der Waals surface area contributed by atoms with Gasteiger partial charge in [-0.25, -0.2) is 0 Å². The SMILES string of the molecule is COC(=O)C[C@@H](C1=Cc2ccccc2OC1)c1c(Cc2ccc(OC)cc2)[nH][nH]c1=O. The lowest BCUT2D eigenvalue weighted by Gasteiger charge is -2.24. The Morgan fingerprint density at radius 1 is 1.10 bits per heavy atom. The largest absolute Gasteiger partial charge is 0.497 e. The second-order valence-corrected chi connectivity index (χ2v) is 7.37. The number of methoxy groups -OCH3 is 2. The summed E-state index contributed by atoms with van der Waals surface area (Å²) in [4.78, 5) is 25.0. The molecule has 0 fully saturated rings. The Kier molecular flexibility index (Phi) is 5.93. The highest BCUT2D eigenvalue weighted by Crippen LogP contribution is 2.35. The molecule has 2 aromatic carbocycles. The molecule has 3 aromatic rings. The second-order valence-electron chi connectivity index (χ2n) is 7.37. The number of benzene rings is 2. The predicted octanol–water partition coefficient (Wildman–Crippen LogP) is 3.43. The molecule has 2 N–H and O–H groups in total. The molecule has 1 aromatic heterocycles. The van der Waals surface area contributed by atoms with Crippen molar-refractivity contribution >= 4 is 12.0 Å². The summed E-state index contributed by atoms with van der Waals surface area (Å²) >= 11 is 0. The van der Waals surface area contributed by atoms with E-state index in [1.807, 2.05) is 54.6 Å². The van der Waals surface area contributed by atoms with E-state index in [9.17, 15) is 9.59 Å². The molecule has 160 valence electrons. The zero-order valence-electron chi connectivity index (χ0n) is 17.4. The Morgan fingerprint density at radius 2 is 1.87 bits per heavy atom. The number of aromatic amines is 2. The van der Waals surface area contributed by atoms with Gasteiger partial charge in [-0.2, -0.15) is 0 Å². The van der Waals surface area contributed by atoms with E-state index in [2.05, 4.69) is 10.2 Å². The van der Waals surface area contributed by atoms with Gasteiger partial charge < -0.3 is 19.3 Å². The van der Waals surface area contributed by atoms with Crippen LogP contribution in [0.4, 0.5) is 0 Å². The van der Waals surface area contributed by atoms with Crippen molar-refractivity contribution in [1.29, 1.82) is 0 Å². The average molecular weight is 420 g/mol. The number of hydrogen-bond donors (Lipinski definition) is 2. The van der Waals surface area contributed by atoms with Crippen molar-refractivity contribution in [2.75, 3.05) is 20.8 Å². The molecule has 2 heterocycles. The van der Waals surface area contributed by atoms with Gasteiger partial charge in [-0.3, -0.25) is 14.7 Å². The van der Waals surface area contributed by atoms with E-state index in [0.29, 0.717) is 18.6 Å². The summed E-state index contributed by atoms with van der Waals surface area (Å²) in [5.74, 6) is 0.688. The molecular weight excluding hydrogens is 396 g/mol. The third kappa shape index (κ3) is 4.40. The van der Waals surface area contributed by atoms with E-state index in [0.717, 1.165) is 33.9 Å². The molecule has 0 spiro atoms. The van der Waals surface area contributed by atoms with Crippen molar-refractivity contribution in [3.8, 4) is 11.5 Å². The molecule has 0 saturated heterocycles. The maximum Gasteiger partial charge on any atom is 0.306 e. The molecule has 0 saturated carbocycles. The topological polar surface area (TPSA) is 93.4 Å². The van der Waals surface area contributed by atoms with Crippen LogP contribution in [-0.4, -0.2) is 37.0 Å². The average Bonchev–Trinajstić information content (AvgIpc) is 3.17. The fourth-order valence-electron chi connectivity index (χ4n) is 3.86. The number of ether oxygens (including phenoxy) is 3. The monoisotopic (exact) mass is 420 g/mol. The number of nitrogens with one attached hydrogen (secondary N) is 2. The van der Waals surface area contributed by atoms with E-state index in [1.165, 1.54) is 7.11 Å². The molecule has 0 unspecified atom stereocenters. The highest BCUT2D eigenvalue weighted by Gasteiger charge is 2.29. The van der Waals surface area contributed by atoms with Gasteiger partial charge in [-0.1, -0.05) is 30.3 Å². The quantitative estimate of drug-likeness (QED) is 0.571. The summed E-state index contributed by atoms with van der Waals surface area (Å²) in [7, 11) is 2.96. The second kappa shape index (κ2) is 8.95. The van der Waals surface area contributed by atoms with Gasteiger partial charge in [0.05, 0.1) is 20.6 Å². The maximum atomic E-state index is 12.8. The molecule has 1 atom stereocenters. The Labute approximate surface area is 179 Å². The van der Waals surface area contributed by atoms with Gasteiger partial charge >= 0.3 is 5.97 Å². The van der Waals surface area contributed by atoms with Crippen LogP contribution in [0.25, 0.3) is 6.08 Å². The zero-order chi connectivity index (χ0) is 21.8. The Morgan fingerprint density at radius 3 is 2.61 bits per heavy atom. The Balaban J connectivity index is 1.72. The van der Waals surface area contributed by atoms with Crippen LogP contribution in [-0.2, 0) is 16.0 Å².